The fraction of sp³-hybridized carbons (Fsp3) is 0.391. The molecule has 2 aromatic rings. The van der Waals surface area contributed by atoms with E-state index in [1.807, 2.05) is 51.1 Å². The molecule has 158 valence electrons. The quantitative estimate of drug-likeness (QED) is 0.768. The van der Waals surface area contributed by atoms with Crippen LogP contribution in [-0.2, 0) is 20.9 Å². The lowest BCUT2D eigenvalue weighted by Crippen LogP contribution is -2.50. The highest BCUT2D eigenvalue weighted by Crippen LogP contribution is 2.32. The molecule has 2 heterocycles. The molecule has 1 N–H and O–H groups in total. The SMILES string of the molecule is CC(C)(C)NC(=O)[C@@H](c1cccnc1)N(Cc1ccccc1)C(=O)[C@H]1CSC(=O)C1. The van der Waals surface area contributed by atoms with Crippen molar-refractivity contribution in [2.24, 2.45) is 5.92 Å². The molecule has 0 radical (unpaired) electrons. The molecule has 1 saturated heterocycles. The summed E-state index contributed by atoms with van der Waals surface area (Å²) in [5.41, 5.74) is 1.10. The Kier molecular flexibility index (Phi) is 6.92. The largest absolute Gasteiger partial charge is 0.349 e. The molecule has 1 fully saturated rings. The van der Waals surface area contributed by atoms with Gasteiger partial charge in [0, 0.05) is 42.2 Å². The molecule has 0 spiro atoms. The molecule has 0 aliphatic carbocycles. The fourth-order valence-electron chi connectivity index (χ4n) is 3.43. The van der Waals surface area contributed by atoms with Gasteiger partial charge in [0.25, 0.3) is 0 Å². The molecule has 30 heavy (non-hydrogen) atoms. The topological polar surface area (TPSA) is 79.4 Å². The predicted octanol–water partition coefficient (Wildman–Crippen LogP) is 3.35. The van der Waals surface area contributed by atoms with Crippen molar-refractivity contribution in [3.63, 3.8) is 0 Å². The molecule has 1 aromatic heterocycles. The van der Waals surface area contributed by atoms with Crippen LogP contribution < -0.4 is 5.32 Å². The van der Waals surface area contributed by atoms with Crippen molar-refractivity contribution >= 4 is 28.7 Å². The molecule has 3 rings (SSSR count). The van der Waals surface area contributed by atoms with E-state index in [1.54, 1.807) is 29.4 Å². The van der Waals surface area contributed by atoms with Crippen molar-refractivity contribution in [3.05, 3.63) is 66.0 Å². The first kappa shape index (κ1) is 22.0. The van der Waals surface area contributed by atoms with Crippen LogP contribution in [0.2, 0.25) is 0 Å². The number of thioether (sulfide) groups is 1. The number of benzene rings is 1. The zero-order valence-electron chi connectivity index (χ0n) is 17.5. The van der Waals surface area contributed by atoms with Crippen LogP contribution in [0.1, 0.15) is 44.4 Å². The monoisotopic (exact) mass is 425 g/mol. The highest BCUT2D eigenvalue weighted by atomic mass is 32.2. The second kappa shape index (κ2) is 9.43. The van der Waals surface area contributed by atoms with E-state index in [0.29, 0.717) is 11.3 Å². The van der Waals surface area contributed by atoms with Gasteiger partial charge in [-0.05, 0) is 32.4 Å². The number of hydrogen-bond acceptors (Lipinski definition) is 5. The third kappa shape index (κ3) is 5.69. The van der Waals surface area contributed by atoms with Crippen molar-refractivity contribution in [1.82, 2.24) is 15.2 Å². The Morgan fingerprint density at radius 3 is 2.50 bits per heavy atom. The van der Waals surface area contributed by atoms with E-state index in [4.69, 9.17) is 0 Å². The number of pyridine rings is 1. The number of hydrogen-bond donors (Lipinski definition) is 1. The molecule has 1 aliphatic rings. The summed E-state index contributed by atoms with van der Waals surface area (Å²) < 4.78 is 0. The van der Waals surface area contributed by atoms with Crippen LogP contribution in [0.4, 0.5) is 0 Å². The van der Waals surface area contributed by atoms with Crippen LogP contribution >= 0.6 is 11.8 Å². The summed E-state index contributed by atoms with van der Waals surface area (Å²) in [6, 6.07) is 12.3. The lowest BCUT2D eigenvalue weighted by Gasteiger charge is -2.35. The van der Waals surface area contributed by atoms with Crippen LogP contribution in [0.25, 0.3) is 0 Å². The Bertz CT molecular complexity index is 897. The second-order valence-corrected chi connectivity index (χ2v) is 9.54. The average molecular weight is 426 g/mol. The van der Waals surface area contributed by atoms with Gasteiger partial charge in [-0.2, -0.15) is 0 Å². The van der Waals surface area contributed by atoms with E-state index in [0.717, 1.165) is 5.56 Å². The van der Waals surface area contributed by atoms with E-state index in [-0.39, 0.29) is 29.9 Å². The summed E-state index contributed by atoms with van der Waals surface area (Å²) in [6.45, 7) is 5.98. The van der Waals surface area contributed by atoms with Crippen LogP contribution in [0.3, 0.4) is 0 Å². The summed E-state index contributed by atoms with van der Waals surface area (Å²) >= 11 is 1.18. The minimum atomic E-state index is -0.841. The van der Waals surface area contributed by atoms with Gasteiger partial charge in [0.1, 0.15) is 6.04 Å². The maximum absolute atomic E-state index is 13.5. The maximum atomic E-state index is 13.5. The van der Waals surface area contributed by atoms with E-state index in [2.05, 4.69) is 10.3 Å². The third-order valence-electron chi connectivity index (χ3n) is 4.75. The third-order valence-corrected chi connectivity index (χ3v) is 5.80. The van der Waals surface area contributed by atoms with Gasteiger partial charge in [0.15, 0.2) is 5.12 Å². The van der Waals surface area contributed by atoms with Crippen LogP contribution in [0.5, 0.6) is 0 Å². The first-order valence-electron chi connectivity index (χ1n) is 9.96. The van der Waals surface area contributed by atoms with Gasteiger partial charge in [-0.25, -0.2) is 0 Å². The standard InChI is InChI=1S/C23H27N3O3S/c1-23(2,3)25-21(28)20(17-10-7-11-24-13-17)26(14-16-8-5-4-6-9-16)22(29)18-12-19(27)30-15-18/h4-11,13,18,20H,12,14-15H2,1-3H3,(H,25,28)/t18-,20-/m1/s1. The molecule has 6 nitrogen and oxygen atoms in total. The molecule has 1 aromatic carbocycles. The number of nitrogens with zero attached hydrogens (tertiary/aromatic N) is 2. The van der Waals surface area contributed by atoms with Crippen molar-refractivity contribution in [2.45, 2.75) is 45.3 Å². The number of aromatic nitrogens is 1. The van der Waals surface area contributed by atoms with Gasteiger partial charge >= 0.3 is 0 Å². The van der Waals surface area contributed by atoms with Crippen LogP contribution in [-0.4, -0.2) is 38.1 Å². The van der Waals surface area contributed by atoms with Gasteiger partial charge < -0.3 is 10.2 Å². The lowest BCUT2D eigenvalue weighted by atomic mass is 9.99. The molecule has 1 aliphatic heterocycles. The molecule has 2 atom stereocenters. The summed E-state index contributed by atoms with van der Waals surface area (Å²) in [6.07, 6.45) is 3.46. The van der Waals surface area contributed by atoms with Gasteiger partial charge in [-0.15, -0.1) is 0 Å². The number of rotatable bonds is 6. The maximum Gasteiger partial charge on any atom is 0.247 e. The zero-order chi connectivity index (χ0) is 21.7. The van der Waals surface area contributed by atoms with Crippen molar-refractivity contribution in [1.29, 1.82) is 0 Å². The molecule has 0 bridgehead atoms. The molecule has 0 unspecified atom stereocenters. The Labute approximate surface area is 181 Å². The number of carbonyl (C=O) groups is 3. The zero-order valence-corrected chi connectivity index (χ0v) is 18.3. The average Bonchev–Trinajstić information content (AvgIpc) is 3.13. The van der Waals surface area contributed by atoms with Crippen molar-refractivity contribution in [3.8, 4) is 0 Å². The number of carbonyl (C=O) groups excluding carboxylic acids is 3. The van der Waals surface area contributed by atoms with Gasteiger partial charge in [-0.1, -0.05) is 48.2 Å². The first-order chi connectivity index (χ1) is 14.2. The lowest BCUT2D eigenvalue weighted by molar-refractivity contribution is -0.145. The van der Waals surface area contributed by atoms with Gasteiger partial charge in [0.05, 0.1) is 5.92 Å². The van der Waals surface area contributed by atoms with Crippen LogP contribution in [0.15, 0.2) is 54.9 Å². The smallest absolute Gasteiger partial charge is 0.247 e. The highest BCUT2D eigenvalue weighted by molar-refractivity contribution is 8.14. The molecule has 0 saturated carbocycles. The Morgan fingerprint density at radius 2 is 1.93 bits per heavy atom. The molecular weight excluding hydrogens is 398 g/mol. The minimum Gasteiger partial charge on any atom is -0.349 e. The summed E-state index contributed by atoms with van der Waals surface area (Å²) in [5.74, 6) is -0.427. The number of nitrogens with one attached hydrogen (secondary N) is 1. The second-order valence-electron chi connectivity index (χ2n) is 8.46. The normalized spacial score (nSPS) is 17.4. The van der Waals surface area contributed by atoms with Crippen molar-refractivity contribution in [2.75, 3.05) is 5.75 Å². The first-order valence-corrected chi connectivity index (χ1v) is 10.9. The van der Waals surface area contributed by atoms with Gasteiger partial charge in [0.2, 0.25) is 11.8 Å². The molecular formula is C23H27N3O3S. The summed E-state index contributed by atoms with van der Waals surface area (Å²) in [7, 11) is 0. The highest BCUT2D eigenvalue weighted by Gasteiger charge is 2.39. The molecule has 7 heteroatoms. The fourth-order valence-corrected chi connectivity index (χ4v) is 4.40. The Morgan fingerprint density at radius 1 is 1.20 bits per heavy atom. The van der Waals surface area contributed by atoms with E-state index >= 15 is 0 Å². The van der Waals surface area contributed by atoms with E-state index in [9.17, 15) is 14.4 Å². The minimum absolute atomic E-state index is 0.0186. The van der Waals surface area contributed by atoms with E-state index < -0.39 is 17.5 Å². The Balaban J connectivity index is 2.01. The summed E-state index contributed by atoms with van der Waals surface area (Å²) in [5, 5.41) is 3.02. The Hall–Kier alpha value is -2.67. The van der Waals surface area contributed by atoms with Gasteiger partial charge in [-0.3, -0.25) is 19.4 Å². The molecule has 2 amide bonds. The predicted molar refractivity (Wildman–Crippen MR) is 117 cm³/mol. The summed E-state index contributed by atoms with van der Waals surface area (Å²) in [4.78, 5) is 44.5. The van der Waals surface area contributed by atoms with Crippen molar-refractivity contribution < 1.29 is 14.4 Å². The van der Waals surface area contributed by atoms with E-state index in [1.165, 1.54) is 11.8 Å². The number of amides is 2. The van der Waals surface area contributed by atoms with Crippen LogP contribution in [0, 0.1) is 5.92 Å².